The Bertz CT molecular complexity index is 513. The molecule has 2 rings (SSSR count). The van der Waals surface area contributed by atoms with Crippen LogP contribution < -0.4 is 0 Å². The lowest BCUT2D eigenvalue weighted by atomic mass is 9.87. The van der Waals surface area contributed by atoms with Crippen molar-refractivity contribution in [3.8, 4) is 0 Å². The Balaban J connectivity index is 2.55. The molecule has 0 aliphatic heterocycles. The monoisotopic (exact) mass is 262 g/mol. The Hall–Kier alpha value is -1.35. The van der Waals surface area contributed by atoms with Crippen LogP contribution in [0.15, 0.2) is 54.6 Å². The normalized spacial score (nSPS) is 14.2. The van der Waals surface area contributed by atoms with Gasteiger partial charge in [-0.15, -0.1) is 0 Å². The van der Waals surface area contributed by atoms with Gasteiger partial charge < -0.3 is 9.84 Å². The molecule has 0 heterocycles. The maximum absolute atomic E-state index is 10.9. The second kappa shape index (κ2) is 5.53. The molecule has 0 amide bonds. The molecule has 2 nitrogen and oxygen atoms in total. The second-order valence-corrected chi connectivity index (χ2v) is 4.55. The van der Waals surface area contributed by atoms with Crippen LogP contribution in [0.25, 0.3) is 0 Å². The smallest absolute Gasteiger partial charge is 0.139 e. The summed E-state index contributed by atoms with van der Waals surface area (Å²) < 4.78 is 5.16. The average molecular weight is 263 g/mol. The molecule has 2 aromatic carbocycles. The van der Waals surface area contributed by atoms with Gasteiger partial charge in [-0.1, -0.05) is 60.1 Å². The molecule has 0 radical (unpaired) electrons. The van der Waals surface area contributed by atoms with Crippen molar-refractivity contribution in [1.82, 2.24) is 0 Å². The summed E-state index contributed by atoms with van der Waals surface area (Å²) in [5, 5.41) is 11.5. The fourth-order valence-electron chi connectivity index (χ4n) is 2.04. The van der Waals surface area contributed by atoms with Crippen LogP contribution in [0.4, 0.5) is 0 Å². The number of hydrogen-bond donors (Lipinski definition) is 1. The third kappa shape index (κ3) is 2.41. The van der Waals surface area contributed by atoms with E-state index in [1.165, 1.54) is 0 Å². The van der Waals surface area contributed by atoms with Crippen LogP contribution in [0.1, 0.15) is 11.1 Å². The van der Waals surface area contributed by atoms with E-state index in [1.54, 1.807) is 13.2 Å². The molecule has 18 heavy (non-hydrogen) atoms. The quantitative estimate of drug-likeness (QED) is 0.917. The van der Waals surface area contributed by atoms with Gasteiger partial charge in [0.25, 0.3) is 0 Å². The molecule has 0 aromatic heterocycles. The van der Waals surface area contributed by atoms with Crippen LogP contribution in [-0.4, -0.2) is 18.8 Å². The third-order valence-electron chi connectivity index (χ3n) is 2.92. The molecule has 0 saturated heterocycles. The summed E-state index contributed by atoms with van der Waals surface area (Å²) in [6.45, 7) is 0.154. The van der Waals surface area contributed by atoms with Crippen LogP contribution in [0, 0.1) is 0 Å². The molecular formula is C15H15ClO2. The summed E-state index contributed by atoms with van der Waals surface area (Å²) in [5.74, 6) is 0. The molecular weight excluding hydrogens is 248 g/mol. The van der Waals surface area contributed by atoms with E-state index in [-0.39, 0.29) is 6.61 Å². The Morgan fingerprint density at radius 1 is 1.06 bits per heavy atom. The van der Waals surface area contributed by atoms with Crippen LogP contribution >= 0.6 is 11.6 Å². The summed E-state index contributed by atoms with van der Waals surface area (Å²) in [5.41, 5.74) is 0.189. The van der Waals surface area contributed by atoms with Crippen molar-refractivity contribution in [2.24, 2.45) is 0 Å². The number of benzene rings is 2. The van der Waals surface area contributed by atoms with Gasteiger partial charge >= 0.3 is 0 Å². The number of ether oxygens (including phenoxy) is 1. The first-order chi connectivity index (χ1) is 8.68. The van der Waals surface area contributed by atoms with Gasteiger partial charge in [-0.25, -0.2) is 0 Å². The van der Waals surface area contributed by atoms with Gasteiger partial charge in [0.1, 0.15) is 5.60 Å². The Morgan fingerprint density at radius 2 is 1.67 bits per heavy atom. The molecule has 94 valence electrons. The topological polar surface area (TPSA) is 29.5 Å². The zero-order valence-electron chi connectivity index (χ0n) is 10.1. The predicted molar refractivity (Wildman–Crippen MR) is 72.8 cm³/mol. The van der Waals surface area contributed by atoms with E-state index in [0.717, 1.165) is 5.56 Å². The van der Waals surface area contributed by atoms with Crippen molar-refractivity contribution in [2.45, 2.75) is 5.60 Å². The lowest BCUT2D eigenvalue weighted by Gasteiger charge is -2.29. The van der Waals surface area contributed by atoms with Crippen molar-refractivity contribution in [3.63, 3.8) is 0 Å². The molecule has 0 spiro atoms. The average Bonchev–Trinajstić information content (AvgIpc) is 2.40. The van der Waals surface area contributed by atoms with Crippen molar-refractivity contribution < 1.29 is 9.84 Å². The minimum Gasteiger partial charge on any atom is -0.381 e. The minimum absolute atomic E-state index is 0.154. The van der Waals surface area contributed by atoms with Crippen LogP contribution in [0.3, 0.4) is 0 Å². The minimum atomic E-state index is -1.23. The molecule has 2 aromatic rings. The number of rotatable bonds is 4. The number of halogens is 1. The van der Waals surface area contributed by atoms with Gasteiger partial charge in [-0.05, 0) is 11.6 Å². The summed E-state index contributed by atoms with van der Waals surface area (Å²) in [4.78, 5) is 0. The fraction of sp³-hybridized carbons (Fsp3) is 0.200. The zero-order valence-corrected chi connectivity index (χ0v) is 10.9. The van der Waals surface area contributed by atoms with Gasteiger partial charge in [0.05, 0.1) is 6.61 Å². The van der Waals surface area contributed by atoms with E-state index < -0.39 is 5.60 Å². The van der Waals surface area contributed by atoms with Crippen molar-refractivity contribution in [1.29, 1.82) is 0 Å². The largest absolute Gasteiger partial charge is 0.381 e. The van der Waals surface area contributed by atoms with Gasteiger partial charge in [0.2, 0.25) is 0 Å². The standard InChI is InChI=1S/C15H15ClO2/c1-18-11-15(17,12-7-3-2-4-8-12)13-9-5-6-10-14(13)16/h2-10,17H,11H2,1H3. The van der Waals surface area contributed by atoms with Crippen LogP contribution in [0.5, 0.6) is 0 Å². The molecule has 1 N–H and O–H groups in total. The molecule has 0 bridgehead atoms. The van der Waals surface area contributed by atoms with Crippen molar-refractivity contribution in [3.05, 3.63) is 70.7 Å². The Kier molecular flexibility index (Phi) is 4.02. The molecule has 1 unspecified atom stereocenters. The lowest BCUT2D eigenvalue weighted by Crippen LogP contribution is -2.32. The van der Waals surface area contributed by atoms with Gasteiger partial charge in [-0.2, -0.15) is 0 Å². The van der Waals surface area contributed by atoms with Crippen LogP contribution in [0.2, 0.25) is 5.02 Å². The molecule has 0 fully saturated rings. The maximum atomic E-state index is 10.9. The molecule has 3 heteroatoms. The number of methoxy groups -OCH3 is 1. The van der Waals surface area contributed by atoms with E-state index in [2.05, 4.69) is 0 Å². The molecule has 0 saturated carbocycles. The summed E-state index contributed by atoms with van der Waals surface area (Å²) in [7, 11) is 1.56. The zero-order chi connectivity index (χ0) is 13.0. The highest BCUT2D eigenvalue weighted by atomic mass is 35.5. The van der Waals surface area contributed by atoms with Gasteiger partial charge in [0.15, 0.2) is 0 Å². The second-order valence-electron chi connectivity index (χ2n) is 4.14. The predicted octanol–water partition coefficient (Wildman–Crippen LogP) is 3.22. The van der Waals surface area contributed by atoms with E-state index in [9.17, 15) is 5.11 Å². The van der Waals surface area contributed by atoms with Gasteiger partial charge in [0, 0.05) is 17.7 Å². The Morgan fingerprint density at radius 3 is 2.28 bits per heavy atom. The van der Waals surface area contributed by atoms with Gasteiger partial charge in [-0.3, -0.25) is 0 Å². The highest BCUT2D eigenvalue weighted by Gasteiger charge is 2.33. The highest BCUT2D eigenvalue weighted by Crippen LogP contribution is 2.34. The van der Waals surface area contributed by atoms with E-state index >= 15 is 0 Å². The number of aliphatic hydroxyl groups is 1. The SMILES string of the molecule is COCC(O)(c1ccccc1)c1ccccc1Cl. The summed E-state index contributed by atoms with van der Waals surface area (Å²) >= 11 is 6.18. The lowest BCUT2D eigenvalue weighted by molar-refractivity contribution is -0.00320. The third-order valence-corrected chi connectivity index (χ3v) is 3.25. The first-order valence-electron chi connectivity index (χ1n) is 5.70. The van der Waals surface area contributed by atoms with E-state index in [4.69, 9.17) is 16.3 Å². The van der Waals surface area contributed by atoms with Crippen molar-refractivity contribution >= 4 is 11.6 Å². The number of hydrogen-bond acceptors (Lipinski definition) is 2. The van der Waals surface area contributed by atoms with Crippen LogP contribution in [-0.2, 0) is 10.3 Å². The summed E-state index contributed by atoms with van der Waals surface area (Å²) in [6, 6.07) is 16.7. The molecule has 1 atom stereocenters. The first-order valence-corrected chi connectivity index (χ1v) is 6.08. The summed E-state index contributed by atoms with van der Waals surface area (Å²) in [6.07, 6.45) is 0. The van der Waals surface area contributed by atoms with E-state index in [0.29, 0.717) is 10.6 Å². The van der Waals surface area contributed by atoms with E-state index in [1.807, 2.05) is 48.5 Å². The molecule has 0 aliphatic rings. The Labute approximate surface area is 112 Å². The fourth-order valence-corrected chi connectivity index (χ4v) is 2.33. The maximum Gasteiger partial charge on any atom is 0.139 e. The first kappa shape index (κ1) is 13.1. The highest BCUT2D eigenvalue weighted by molar-refractivity contribution is 6.31. The van der Waals surface area contributed by atoms with Crippen molar-refractivity contribution in [2.75, 3.05) is 13.7 Å². The molecule has 0 aliphatic carbocycles.